The van der Waals surface area contributed by atoms with E-state index in [0.29, 0.717) is 6.42 Å². The van der Waals surface area contributed by atoms with Crippen LogP contribution in [0.1, 0.15) is 39.1 Å². The predicted molar refractivity (Wildman–Crippen MR) is 108 cm³/mol. The summed E-state index contributed by atoms with van der Waals surface area (Å²) >= 11 is 0. The Morgan fingerprint density at radius 1 is 0.967 bits per heavy atom. The molecule has 7 nitrogen and oxygen atoms in total. The molecule has 4 rings (SSSR count). The molecule has 0 radical (unpaired) electrons. The predicted octanol–water partition coefficient (Wildman–Crippen LogP) is 2.48. The van der Waals surface area contributed by atoms with Crippen molar-refractivity contribution in [2.24, 2.45) is 0 Å². The van der Waals surface area contributed by atoms with E-state index in [1.807, 2.05) is 6.07 Å². The van der Waals surface area contributed by atoms with E-state index in [0.717, 1.165) is 15.4 Å². The van der Waals surface area contributed by atoms with Gasteiger partial charge in [-0.25, -0.2) is 4.79 Å². The zero-order chi connectivity index (χ0) is 21.3. The van der Waals surface area contributed by atoms with Crippen LogP contribution in [0.3, 0.4) is 0 Å². The average Bonchev–Trinajstić information content (AvgIpc) is 3.03. The van der Waals surface area contributed by atoms with Crippen LogP contribution in [-0.2, 0) is 16.0 Å². The van der Waals surface area contributed by atoms with Crippen molar-refractivity contribution in [2.75, 3.05) is 0 Å². The van der Waals surface area contributed by atoms with Crippen LogP contribution in [0.25, 0.3) is 0 Å². The van der Waals surface area contributed by atoms with Crippen molar-refractivity contribution < 1.29 is 24.3 Å². The highest BCUT2D eigenvalue weighted by atomic mass is 16.4. The molecule has 30 heavy (non-hydrogen) atoms. The molecule has 2 atom stereocenters. The molecule has 2 unspecified atom stereocenters. The number of carboxylic acids is 1. The molecule has 0 fully saturated rings. The smallest absolute Gasteiger partial charge is 0.326 e. The number of fused-ring (bicyclic) bond motifs is 1. The van der Waals surface area contributed by atoms with E-state index < -0.39 is 35.8 Å². The van der Waals surface area contributed by atoms with Crippen LogP contribution in [0.5, 0.6) is 0 Å². The molecular weight excluding hydrogens is 384 g/mol. The summed E-state index contributed by atoms with van der Waals surface area (Å²) in [5.74, 6) is -2.79. The van der Waals surface area contributed by atoms with E-state index in [1.54, 1.807) is 54.6 Å². The summed E-state index contributed by atoms with van der Waals surface area (Å²) in [6.45, 7) is 0. The van der Waals surface area contributed by atoms with Crippen molar-refractivity contribution in [3.63, 3.8) is 0 Å². The number of imide groups is 1. The third-order valence-corrected chi connectivity index (χ3v) is 5.44. The van der Waals surface area contributed by atoms with Gasteiger partial charge in [-0.15, -0.1) is 0 Å². The normalized spacial score (nSPS) is 19.0. The Labute approximate surface area is 173 Å². The topological polar surface area (TPSA) is 95.0 Å². The second-order valence-corrected chi connectivity index (χ2v) is 7.29. The van der Waals surface area contributed by atoms with Crippen LogP contribution in [0.2, 0.25) is 0 Å². The van der Waals surface area contributed by atoms with E-state index >= 15 is 0 Å². The number of benzene rings is 2. The molecule has 2 heterocycles. The van der Waals surface area contributed by atoms with Gasteiger partial charge in [0, 0.05) is 12.6 Å². The molecule has 3 amide bonds. The number of carboxylic acid groups (broad SMARTS) is 1. The monoisotopic (exact) mass is 404 g/mol. The van der Waals surface area contributed by atoms with E-state index in [-0.39, 0.29) is 24.0 Å². The molecule has 0 aromatic heterocycles. The van der Waals surface area contributed by atoms with Crippen LogP contribution in [-0.4, -0.2) is 50.7 Å². The minimum atomic E-state index is -1.15. The first-order valence-corrected chi connectivity index (χ1v) is 9.71. The van der Waals surface area contributed by atoms with Gasteiger partial charge in [0.2, 0.25) is 0 Å². The molecule has 2 aliphatic heterocycles. The number of carbonyl (C=O) groups is 4. The van der Waals surface area contributed by atoms with Gasteiger partial charge in [-0.2, -0.15) is 0 Å². The molecule has 2 aromatic carbocycles. The van der Waals surface area contributed by atoms with Gasteiger partial charge in [0.1, 0.15) is 12.1 Å². The number of rotatable bonds is 5. The summed E-state index contributed by atoms with van der Waals surface area (Å²) in [6, 6.07) is 13.3. The fourth-order valence-corrected chi connectivity index (χ4v) is 3.94. The van der Waals surface area contributed by atoms with Crippen molar-refractivity contribution in [1.82, 2.24) is 9.80 Å². The van der Waals surface area contributed by atoms with Gasteiger partial charge < -0.3 is 10.0 Å². The van der Waals surface area contributed by atoms with Gasteiger partial charge in [0.15, 0.2) is 0 Å². The van der Waals surface area contributed by atoms with Crippen LogP contribution in [0.15, 0.2) is 66.9 Å². The lowest BCUT2D eigenvalue weighted by Crippen LogP contribution is -2.54. The molecule has 1 N–H and O–H groups in total. The zero-order valence-electron chi connectivity index (χ0n) is 16.1. The van der Waals surface area contributed by atoms with E-state index in [1.165, 1.54) is 6.20 Å². The van der Waals surface area contributed by atoms with Gasteiger partial charge in [-0.1, -0.05) is 48.5 Å². The highest BCUT2D eigenvalue weighted by molar-refractivity contribution is 6.23. The number of hydrogen-bond donors (Lipinski definition) is 1. The van der Waals surface area contributed by atoms with Crippen LogP contribution in [0.4, 0.5) is 0 Å². The van der Waals surface area contributed by atoms with Gasteiger partial charge in [0.25, 0.3) is 17.7 Å². The fourth-order valence-electron chi connectivity index (χ4n) is 3.94. The summed E-state index contributed by atoms with van der Waals surface area (Å²) in [5, 5.41) is 9.57. The molecule has 2 aromatic rings. The molecule has 0 bridgehead atoms. The van der Waals surface area contributed by atoms with Gasteiger partial charge in [0.05, 0.1) is 11.1 Å². The highest BCUT2D eigenvalue weighted by Gasteiger charge is 2.45. The van der Waals surface area contributed by atoms with Gasteiger partial charge in [-0.05, 0) is 30.5 Å². The number of carbonyl (C=O) groups excluding carboxylic acids is 3. The second kappa shape index (κ2) is 7.94. The molecule has 0 aliphatic carbocycles. The quantitative estimate of drug-likeness (QED) is 0.773. The van der Waals surface area contributed by atoms with Crippen molar-refractivity contribution in [1.29, 1.82) is 0 Å². The van der Waals surface area contributed by atoms with Crippen LogP contribution >= 0.6 is 0 Å². The lowest BCUT2D eigenvalue weighted by atomic mass is 10.00. The second-order valence-electron chi connectivity index (χ2n) is 7.29. The van der Waals surface area contributed by atoms with E-state index in [9.17, 15) is 24.3 Å². The largest absolute Gasteiger partial charge is 0.480 e. The molecule has 152 valence electrons. The fraction of sp³-hybridized carbons (Fsp3) is 0.217. The number of allylic oxidation sites excluding steroid dienone is 1. The van der Waals surface area contributed by atoms with Gasteiger partial charge >= 0.3 is 5.97 Å². The number of hydrogen-bond acceptors (Lipinski definition) is 4. The molecule has 0 saturated heterocycles. The Bertz CT molecular complexity index is 1010. The third-order valence-electron chi connectivity index (χ3n) is 5.44. The lowest BCUT2D eigenvalue weighted by Gasteiger charge is -2.34. The zero-order valence-corrected chi connectivity index (χ0v) is 16.1. The maximum absolute atomic E-state index is 13.5. The standard InChI is InChI=1S/C23H20N2O5/c26-20-16-10-4-5-11-17(16)21(27)25(20)19(14-15-8-2-1-3-9-15)22(28)24-13-7-6-12-18(24)23(29)30/h1-5,7-11,13,18-19H,6,12,14H2,(H,29,30). The highest BCUT2D eigenvalue weighted by Crippen LogP contribution is 2.28. The summed E-state index contributed by atoms with van der Waals surface area (Å²) in [5.41, 5.74) is 1.26. The molecule has 2 aliphatic rings. The molecule has 0 saturated carbocycles. The van der Waals surface area contributed by atoms with E-state index in [4.69, 9.17) is 0 Å². The summed E-state index contributed by atoms with van der Waals surface area (Å²) in [6.07, 6.45) is 4.08. The number of aliphatic carboxylic acids is 1. The van der Waals surface area contributed by atoms with Crippen molar-refractivity contribution in [3.05, 3.63) is 83.6 Å². The first-order valence-electron chi connectivity index (χ1n) is 9.71. The summed E-state index contributed by atoms with van der Waals surface area (Å²) < 4.78 is 0. The Morgan fingerprint density at radius 2 is 1.57 bits per heavy atom. The maximum atomic E-state index is 13.5. The minimum Gasteiger partial charge on any atom is -0.480 e. The molecule has 0 spiro atoms. The minimum absolute atomic E-state index is 0.0990. The number of nitrogens with zero attached hydrogens (tertiary/aromatic N) is 2. The summed E-state index contributed by atoms with van der Waals surface area (Å²) in [4.78, 5) is 53.4. The molecular formula is C23H20N2O5. The van der Waals surface area contributed by atoms with Crippen LogP contribution < -0.4 is 0 Å². The van der Waals surface area contributed by atoms with Gasteiger partial charge in [-0.3, -0.25) is 19.3 Å². The Hall–Kier alpha value is -3.74. The average molecular weight is 404 g/mol. The summed E-state index contributed by atoms with van der Waals surface area (Å²) in [7, 11) is 0. The Kier molecular flexibility index (Phi) is 5.18. The van der Waals surface area contributed by atoms with Crippen LogP contribution in [0, 0.1) is 0 Å². The van der Waals surface area contributed by atoms with Crippen molar-refractivity contribution in [2.45, 2.75) is 31.3 Å². The molecule has 7 heteroatoms. The van der Waals surface area contributed by atoms with E-state index in [2.05, 4.69) is 0 Å². The number of amides is 3. The SMILES string of the molecule is O=C(O)C1CCC=CN1C(=O)C(Cc1ccccc1)N1C(=O)c2ccccc2C1=O. The Morgan fingerprint density at radius 3 is 2.17 bits per heavy atom. The first-order chi connectivity index (χ1) is 14.5. The van der Waals surface area contributed by atoms with Crippen molar-refractivity contribution in [3.8, 4) is 0 Å². The third kappa shape index (κ3) is 3.39. The van der Waals surface area contributed by atoms with Crippen molar-refractivity contribution >= 4 is 23.7 Å². The lowest BCUT2D eigenvalue weighted by molar-refractivity contribution is -0.149. The Balaban J connectivity index is 1.74. The maximum Gasteiger partial charge on any atom is 0.326 e. The first kappa shape index (κ1) is 19.6.